The van der Waals surface area contributed by atoms with E-state index in [-0.39, 0.29) is 55.8 Å². The molecule has 624 valence electrons. The van der Waals surface area contributed by atoms with Crippen LogP contribution in [0.2, 0.25) is 0 Å². The molecule has 110 heavy (non-hydrogen) atoms. The van der Waals surface area contributed by atoms with E-state index in [1.165, 1.54) is 24.3 Å². The Hall–Kier alpha value is -4.24. The van der Waals surface area contributed by atoms with Crippen molar-refractivity contribution in [2.24, 2.45) is 35.5 Å². The summed E-state index contributed by atoms with van der Waals surface area (Å²) in [7, 11) is 0. The first-order valence-electron chi connectivity index (χ1n) is 39.1. The number of aliphatic hydroxyl groups is 20. The summed E-state index contributed by atoms with van der Waals surface area (Å²) in [6, 6.07) is 0. The van der Waals surface area contributed by atoms with Gasteiger partial charge >= 0.3 is 23.9 Å². The number of fused-ring (bicyclic) bond motifs is 1. The van der Waals surface area contributed by atoms with Crippen LogP contribution in [0.3, 0.4) is 0 Å². The molecular weight excluding hydrogens is 1460 g/mol. The Labute approximate surface area is 635 Å². The fraction of sp³-hybridized carbons (Fsp3) is 0.840. The molecule has 19 N–H and O–H groups in total. The standard InChI is InChI=1S/C75H114O35/c76-39-13-1-34(2-14-39)9-21-54(81)98-30-50-59(86)63(90)67(94)72(107-50)102-43-27-45(80)44-29-49(106-75-70(97)66(93)62(89)53(110-75)33-101-57(84)24-12-37-7-19-42(79)20-8-37)71(103-46(44)28-43)38-25-47(104-73-68(95)64(91)60(87)51(108-73)31-99-55(82)22-10-35-3-15-40(77)16-4-35)58(85)48(26-38)105-74-69(96)65(92)61(88)52(109-74)32-100-56(83)23-11-36-5-17-41(78)18-6-36/h9-12,21-24,34-53,58-80,85-97H,1-8,13-20,25-33H2/p+1/t34?,35?,36?,37?,38?,39?,40?,41?,42?,43?,44?,45?,46?,47?,48?,49?,50-,51-,52-,53-,58?,59-,60-,61-,62-,63+,64+,65+,66+,67-,68-,69-,70-,71?,72-,73-,74-,75-/m0/s1. The first kappa shape index (κ1) is 86.6. The molecular formula is C75H115O35+. The van der Waals surface area contributed by atoms with Crippen molar-refractivity contribution >= 4 is 23.9 Å². The summed E-state index contributed by atoms with van der Waals surface area (Å²) < 4.78 is 77.1. The monoisotopic (exact) mass is 1580 g/mol. The van der Waals surface area contributed by atoms with Crippen LogP contribution in [-0.4, -0.2) is 343 Å². The second-order valence-electron chi connectivity index (χ2n) is 31.9. The van der Waals surface area contributed by atoms with Gasteiger partial charge < -0.3 is 153 Å². The topological polar surface area (TPSA) is 556 Å². The number of carbonyl (C=O) groups is 4. The molecule has 11 fully saturated rings. The zero-order valence-corrected chi connectivity index (χ0v) is 61.3. The molecule has 35 nitrogen and oxygen atoms in total. The average Bonchev–Trinajstić information content (AvgIpc) is 0.758. The molecule has 5 aliphatic heterocycles. The zero-order chi connectivity index (χ0) is 78.8. The van der Waals surface area contributed by atoms with Crippen LogP contribution in [0.5, 0.6) is 0 Å². The number of allylic oxidation sites excluding steroid dienone is 4. The Morgan fingerprint density at radius 3 is 0.891 bits per heavy atom. The van der Waals surface area contributed by atoms with Gasteiger partial charge in [-0.3, -0.25) is 0 Å². The number of hydrogen-bond donors (Lipinski definition) is 18. The van der Waals surface area contributed by atoms with Gasteiger partial charge in [-0.15, -0.1) is 0 Å². The molecule has 28 atom stereocenters. The molecule has 6 aliphatic carbocycles. The van der Waals surface area contributed by atoms with Crippen LogP contribution in [0.4, 0.5) is 0 Å². The summed E-state index contributed by atoms with van der Waals surface area (Å²) >= 11 is 0. The SMILES string of the molecule is O=C(C=CC1CCC(O)CC1)OC[C@@H]1O[C@H](OC2CC(O)C3CC(O[C@H]4O[C@@H](COC(=O)C=CC5CCC(O)CC5)[C@H](O)[C@@H](O)[C@@H]4O)C(C4CC(O[C@H]5O[C@@H](COC(=O)C=CC6CCC(O)CC6)[C@H](O)[C@@H](O)[C@@H]5O)C(O)C(O[C@H]5O[C@@H](COC(=O)C=CC6CCC(O)CC6)[C@H](O)[C@@H](O)[C@@H]5O)C4)[OH+]C3C2)[C@@H](O)[C@H](O)[C@H]1O. The molecule has 0 aromatic carbocycles. The first-order valence-corrected chi connectivity index (χ1v) is 39.1. The maximum atomic E-state index is 13.1. The number of hydrogen-bond acceptors (Lipinski definition) is 34. The van der Waals surface area contributed by atoms with Crippen molar-refractivity contribution < 1.29 is 173 Å². The van der Waals surface area contributed by atoms with E-state index in [0.717, 1.165) is 0 Å². The molecule has 6 saturated carbocycles. The number of ether oxygens (including phenoxy) is 13. The van der Waals surface area contributed by atoms with Crippen molar-refractivity contribution in [1.29, 1.82) is 0 Å². The summed E-state index contributed by atoms with van der Waals surface area (Å²) in [6.07, 6.45) is -30.8. The molecule has 35 heteroatoms. The third-order valence-corrected chi connectivity index (χ3v) is 24.0. The van der Waals surface area contributed by atoms with E-state index in [1.54, 1.807) is 24.3 Å². The lowest BCUT2D eigenvalue weighted by molar-refractivity contribution is -0.369. The molecule has 0 amide bonds. The van der Waals surface area contributed by atoms with Gasteiger partial charge in [-0.05, 0) is 146 Å². The van der Waals surface area contributed by atoms with E-state index in [1.807, 2.05) is 0 Å². The van der Waals surface area contributed by atoms with Crippen LogP contribution in [-0.2, 0) is 76.0 Å². The molecule has 0 radical (unpaired) electrons. The van der Waals surface area contributed by atoms with Gasteiger partial charge in [0, 0.05) is 43.1 Å². The minimum atomic E-state index is -2.09. The van der Waals surface area contributed by atoms with Gasteiger partial charge in [0.1, 0.15) is 136 Å². The van der Waals surface area contributed by atoms with Crippen LogP contribution in [0.15, 0.2) is 48.6 Å². The number of rotatable bonds is 25. The summed E-state index contributed by atoms with van der Waals surface area (Å²) in [5, 5.41) is 201. The fourth-order valence-corrected chi connectivity index (χ4v) is 17.1. The summed E-state index contributed by atoms with van der Waals surface area (Å²) in [6.45, 7) is -2.68. The molecule has 0 aromatic heterocycles. The highest BCUT2D eigenvalue weighted by atomic mass is 16.7. The van der Waals surface area contributed by atoms with Crippen molar-refractivity contribution in [3.8, 4) is 0 Å². The average molecular weight is 1580 g/mol. The third-order valence-electron chi connectivity index (χ3n) is 24.0. The Bertz CT molecular complexity index is 2930. The fourth-order valence-electron chi connectivity index (χ4n) is 17.1. The van der Waals surface area contributed by atoms with Gasteiger partial charge in [-0.2, -0.15) is 0 Å². The summed E-state index contributed by atoms with van der Waals surface area (Å²) in [5.41, 5.74) is 0. The van der Waals surface area contributed by atoms with E-state index >= 15 is 0 Å². The van der Waals surface area contributed by atoms with Crippen molar-refractivity contribution in [1.82, 2.24) is 0 Å². The molecule has 0 bridgehead atoms. The van der Waals surface area contributed by atoms with Crippen LogP contribution in [0.25, 0.3) is 0 Å². The van der Waals surface area contributed by atoms with Gasteiger partial charge in [0.15, 0.2) is 37.4 Å². The predicted molar refractivity (Wildman–Crippen MR) is 370 cm³/mol. The maximum absolute atomic E-state index is 13.1. The van der Waals surface area contributed by atoms with Gasteiger partial charge in [0.2, 0.25) is 0 Å². The highest BCUT2D eigenvalue weighted by Gasteiger charge is 2.59. The van der Waals surface area contributed by atoms with Gasteiger partial charge in [0.25, 0.3) is 0 Å². The van der Waals surface area contributed by atoms with Gasteiger partial charge in [-0.25, -0.2) is 19.2 Å². The summed E-state index contributed by atoms with van der Waals surface area (Å²) in [5.74, 6) is -5.36. The first-order chi connectivity index (χ1) is 52.5. The molecule has 5 heterocycles. The van der Waals surface area contributed by atoms with Crippen LogP contribution in [0, 0.1) is 35.5 Å². The van der Waals surface area contributed by atoms with Gasteiger partial charge in [-0.1, -0.05) is 24.3 Å². The minimum Gasteiger partial charge on any atom is -0.460 e. The highest BCUT2D eigenvalue weighted by Crippen LogP contribution is 2.46. The molecule has 0 aromatic rings. The third kappa shape index (κ3) is 22.7. The highest BCUT2D eigenvalue weighted by molar-refractivity contribution is 5.83. The lowest BCUT2D eigenvalue weighted by Crippen LogP contribution is -2.65. The molecule has 5 saturated heterocycles. The van der Waals surface area contributed by atoms with E-state index in [2.05, 4.69) is 0 Å². The molecule has 11 aliphatic rings. The second-order valence-corrected chi connectivity index (χ2v) is 31.9. The van der Waals surface area contributed by atoms with E-state index in [9.17, 15) is 111 Å². The number of aliphatic hydroxyl groups excluding tert-OH is 18. The normalized spacial score (nSPS) is 46.5. The second kappa shape index (κ2) is 40.1. The molecule has 8 unspecified atom stereocenters. The van der Waals surface area contributed by atoms with Crippen molar-refractivity contribution in [3.05, 3.63) is 48.6 Å². The Kier molecular flexibility index (Phi) is 31.6. The Morgan fingerprint density at radius 2 is 0.591 bits per heavy atom. The van der Waals surface area contributed by atoms with Crippen molar-refractivity contribution in [2.45, 2.75) is 331 Å². The smallest absolute Gasteiger partial charge is 0.330 e. The van der Waals surface area contributed by atoms with Crippen LogP contribution < -0.4 is 0 Å². The Morgan fingerprint density at radius 1 is 0.309 bits per heavy atom. The lowest BCUT2D eigenvalue weighted by Gasteiger charge is -2.51. The number of carbonyl (C=O) groups excluding carboxylic acids is 4. The number of esters is 4. The lowest BCUT2D eigenvalue weighted by atomic mass is 9.72. The predicted octanol–water partition coefficient (Wildman–Crippen LogP) is -4.43. The molecule has 0 spiro atoms. The van der Waals surface area contributed by atoms with E-state index < -0.39 is 258 Å². The Balaban J connectivity index is 0.859. The van der Waals surface area contributed by atoms with E-state index in [4.69, 9.17) is 61.6 Å². The quantitative estimate of drug-likeness (QED) is 0.0177. The van der Waals surface area contributed by atoms with Crippen LogP contribution >= 0.6 is 0 Å². The largest absolute Gasteiger partial charge is 0.460 e. The van der Waals surface area contributed by atoms with Crippen molar-refractivity contribution in [3.63, 3.8) is 0 Å². The van der Waals surface area contributed by atoms with E-state index in [0.29, 0.717) is 103 Å². The zero-order valence-electron chi connectivity index (χ0n) is 61.3. The molecule has 11 rings (SSSR count). The van der Waals surface area contributed by atoms with Gasteiger partial charge in [0.05, 0.1) is 54.7 Å². The minimum absolute atomic E-state index is 0.0158. The van der Waals surface area contributed by atoms with Crippen molar-refractivity contribution in [2.75, 3.05) is 26.4 Å². The van der Waals surface area contributed by atoms with Crippen LogP contribution in [0.1, 0.15) is 135 Å². The summed E-state index contributed by atoms with van der Waals surface area (Å²) in [4.78, 5) is 52.2. The maximum Gasteiger partial charge on any atom is 0.330 e.